The summed E-state index contributed by atoms with van der Waals surface area (Å²) in [6, 6.07) is 12.5. The van der Waals surface area contributed by atoms with Crippen LogP contribution < -0.4 is 10.1 Å². The third-order valence-electron chi connectivity index (χ3n) is 5.29. The van der Waals surface area contributed by atoms with Crippen molar-refractivity contribution < 1.29 is 19.4 Å². The van der Waals surface area contributed by atoms with Crippen molar-refractivity contribution in [1.82, 2.24) is 14.9 Å². The summed E-state index contributed by atoms with van der Waals surface area (Å²) >= 11 is 6.27. The van der Waals surface area contributed by atoms with E-state index in [0.717, 1.165) is 16.8 Å². The number of aliphatic hydroxyl groups excluding tert-OH is 1. The Morgan fingerprint density at radius 3 is 2.44 bits per heavy atom. The lowest BCUT2D eigenvalue weighted by Gasteiger charge is -2.19. The number of nitrogens with zero attached hydrogens (tertiary/aromatic N) is 2. The molecule has 3 rings (SSSR count). The molecule has 0 aliphatic rings. The van der Waals surface area contributed by atoms with Crippen LogP contribution in [0, 0.1) is 0 Å². The molecule has 0 saturated carbocycles. The molecular formula is C26H30ClN3O4. The number of ketones is 1. The quantitative estimate of drug-likeness (QED) is 0.415. The maximum Gasteiger partial charge on any atom is 0.251 e. The summed E-state index contributed by atoms with van der Waals surface area (Å²) in [7, 11) is 1.79. The molecule has 2 aromatic carbocycles. The number of hydrogen-bond donors (Lipinski definition) is 2. The molecule has 1 aromatic heterocycles. The molecule has 0 radical (unpaired) electrons. The average molecular weight is 484 g/mol. The van der Waals surface area contributed by atoms with Crippen molar-refractivity contribution in [1.29, 1.82) is 0 Å². The monoisotopic (exact) mass is 483 g/mol. The molecule has 0 aliphatic heterocycles. The van der Waals surface area contributed by atoms with Gasteiger partial charge in [0.05, 0.1) is 16.8 Å². The van der Waals surface area contributed by atoms with Crippen molar-refractivity contribution in [3.63, 3.8) is 0 Å². The van der Waals surface area contributed by atoms with Crippen LogP contribution in [0.15, 0.2) is 48.7 Å². The Bertz CT molecular complexity index is 1160. The number of amides is 1. The van der Waals surface area contributed by atoms with E-state index in [-0.39, 0.29) is 30.4 Å². The van der Waals surface area contributed by atoms with Gasteiger partial charge in [-0.15, -0.1) is 0 Å². The Kier molecular flexibility index (Phi) is 8.47. The zero-order valence-electron chi connectivity index (χ0n) is 19.8. The molecule has 1 amide bonds. The number of carbonyl (C=O) groups is 2. The molecule has 3 aromatic rings. The summed E-state index contributed by atoms with van der Waals surface area (Å²) in [4.78, 5) is 28.9. The van der Waals surface area contributed by atoms with Crippen LogP contribution in [-0.4, -0.2) is 45.1 Å². The number of aryl methyl sites for hydroxylation is 1. The lowest BCUT2D eigenvalue weighted by molar-refractivity contribution is 0.0929. The van der Waals surface area contributed by atoms with Gasteiger partial charge in [0.2, 0.25) is 0 Å². The molecule has 1 atom stereocenters. The Hall–Kier alpha value is -3.16. The van der Waals surface area contributed by atoms with Gasteiger partial charge in [-0.05, 0) is 50.5 Å². The Labute approximate surface area is 204 Å². The number of halogens is 1. The number of aliphatic hydroxyl groups is 1. The summed E-state index contributed by atoms with van der Waals surface area (Å²) in [5.74, 6) is 0.590. The van der Waals surface area contributed by atoms with Crippen molar-refractivity contribution in [3.05, 3.63) is 70.6 Å². The van der Waals surface area contributed by atoms with Crippen molar-refractivity contribution in [2.24, 2.45) is 7.05 Å². The highest BCUT2D eigenvalue weighted by atomic mass is 35.5. The highest BCUT2D eigenvalue weighted by Gasteiger charge is 2.17. The smallest absolute Gasteiger partial charge is 0.251 e. The maximum atomic E-state index is 12.8. The van der Waals surface area contributed by atoms with Crippen molar-refractivity contribution >= 4 is 23.3 Å². The first kappa shape index (κ1) is 25.5. The fraction of sp³-hybridized carbons (Fsp3) is 0.346. The van der Waals surface area contributed by atoms with Crippen LogP contribution in [-0.2, 0) is 13.5 Å². The number of imidazole rings is 1. The highest BCUT2D eigenvalue weighted by molar-refractivity contribution is 6.32. The van der Waals surface area contributed by atoms with Crippen molar-refractivity contribution in [2.45, 2.75) is 45.8 Å². The topological polar surface area (TPSA) is 93.4 Å². The van der Waals surface area contributed by atoms with Crippen LogP contribution in [0.2, 0.25) is 5.02 Å². The third-order valence-corrected chi connectivity index (χ3v) is 5.59. The van der Waals surface area contributed by atoms with Crippen LogP contribution in [0.4, 0.5) is 0 Å². The standard InChI is InChI=1S/C26H30ClN3O4/c1-16(2)34-24-10-9-20(14-22(24)27)26(33)28-21(11-12-31)13-18-5-7-19(8-6-18)23-15-30(4)25(29-23)17(3)32/h5-10,14-16,21,31H,11-13H2,1-4H3,(H,28,33). The van der Waals surface area contributed by atoms with Gasteiger partial charge in [0, 0.05) is 43.9 Å². The van der Waals surface area contributed by atoms with Gasteiger partial charge < -0.3 is 19.7 Å². The Morgan fingerprint density at radius 2 is 1.88 bits per heavy atom. The summed E-state index contributed by atoms with van der Waals surface area (Å²) in [6.45, 7) is 5.25. The molecule has 8 heteroatoms. The van der Waals surface area contributed by atoms with E-state index >= 15 is 0 Å². The molecular weight excluding hydrogens is 454 g/mol. The third kappa shape index (κ3) is 6.46. The minimum atomic E-state index is -0.265. The molecule has 180 valence electrons. The maximum absolute atomic E-state index is 12.8. The fourth-order valence-electron chi connectivity index (χ4n) is 3.67. The highest BCUT2D eigenvalue weighted by Crippen LogP contribution is 2.26. The van der Waals surface area contributed by atoms with E-state index in [2.05, 4.69) is 10.3 Å². The van der Waals surface area contributed by atoms with Crippen LogP contribution in [0.3, 0.4) is 0 Å². The number of benzene rings is 2. The number of rotatable bonds is 10. The van der Waals surface area contributed by atoms with Gasteiger partial charge in [-0.3, -0.25) is 9.59 Å². The largest absolute Gasteiger partial charge is 0.489 e. The Balaban J connectivity index is 1.69. The summed E-state index contributed by atoms with van der Waals surface area (Å²) < 4.78 is 7.33. The lowest BCUT2D eigenvalue weighted by Crippen LogP contribution is -2.37. The van der Waals surface area contributed by atoms with Gasteiger partial charge in [0.25, 0.3) is 5.91 Å². The number of nitrogens with one attached hydrogen (secondary N) is 1. The minimum Gasteiger partial charge on any atom is -0.489 e. The molecule has 0 bridgehead atoms. The van der Waals surface area contributed by atoms with E-state index in [1.54, 1.807) is 29.8 Å². The zero-order valence-corrected chi connectivity index (χ0v) is 20.6. The summed E-state index contributed by atoms with van der Waals surface area (Å²) in [5.41, 5.74) is 3.05. The average Bonchev–Trinajstić information content (AvgIpc) is 3.17. The van der Waals surface area contributed by atoms with E-state index in [9.17, 15) is 14.7 Å². The van der Waals surface area contributed by atoms with Crippen LogP contribution in [0.25, 0.3) is 11.3 Å². The molecule has 0 spiro atoms. The van der Waals surface area contributed by atoms with Gasteiger partial charge in [0.15, 0.2) is 11.6 Å². The fourth-order valence-corrected chi connectivity index (χ4v) is 3.90. The first-order chi connectivity index (χ1) is 16.2. The molecule has 2 N–H and O–H groups in total. The molecule has 1 heterocycles. The van der Waals surface area contributed by atoms with Gasteiger partial charge >= 0.3 is 0 Å². The summed E-state index contributed by atoms with van der Waals surface area (Å²) in [5, 5.41) is 12.9. The normalized spacial score (nSPS) is 12.0. The Morgan fingerprint density at radius 1 is 1.18 bits per heavy atom. The molecule has 0 saturated heterocycles. The number of ether oxygens (including phenoxy) is 1. The minimum absolute atomic E-state index is 0.0219. The van der Waals surface area contributed by atoms with Crippen LogP contribution in [0.5, 0.6) is 5.75 Å². The van der Waals surface area contributed by atoms with E-state index in [4.69, 9.17) is 16.3 Å². The van der Waals surface area contributed by atoms with E-state index in [1.165, 1.54) is 6.92 Å². The second kappa shape index (κ2) is 11.3. The molecule has 34 heavy (non-hydrogen) atoms. The molecule has 0 aliphatic carbocycles. The summed E-state index contributed by atoms with van der Waals surface area (Å²) in [6.07, 6.45) is 2.77. The number of carbonyl (C=O) groups excluding carboxylic acids is 2. The predicted octanol–water partition coefficient (Wildman–Crippen LogP) is 4.45. The SMILES string of the molecule is CC(=O)c1nc(-c2ccc(CC(CCO)NC(=O)c3ccc(OC(C)C)c(Cl)c3)cc2)cn1C. The van der Waals surface area contributed by atoms with Crippen molar-refractivity contribution in [2.75, 3.05) is 6.61 Å². The van der Waals surface area contributed by atoms with Gasteiger partial charge in [0.1, 0.15) is 5.75 Å². The lowest BCUT2D eigenvalue weighted by atomic mass is 10.0. The van der Waals surface area contributed by atoms with E-state index < -0.39 is 0 Å². The molecule has 0 fully saturated rings. The number of hydrogen-bond acceptors (Lipinski definition) is 5. The van der Waals surface area contributed by atoms with Crippen LogP contribution in [0.1, 0.15) is 53.7 Å². The predicted molar refractivity (Wildman–Crippen MR) is 133 cm³/mol. The molecule has 1 unspecified atom stereocenters. The zero-order chi connectivity index (χ0) is 24.8. The van der Waals surface area contributed by atoms with Gasteiger partial charge in [-0.2, -0.15) is 0 Å². The van der Waals surface area contributed by atoms with Gasteiger partial charge in [-0.1, -0.05) is 35.9 Å². The first-order valence-corrected chi connectivity index (χ1v) is 11.6. The number of aromatic nitrogens is 2. The molecule has 7 nitrogen and oxygen atoms in total. The number of Topliss-reactive ketones (excluding diaryl/α,β-unsaturated/α-hetero) is 1. The second-order valence-electron chi connectivity index (χ2n) is 8.51. The van der Waals surface area contributed by atoms with E-state index in [1.807, 2.05) is 44.3 Å². The van der Waals surface area contributed by atoms with Crippen molar-refractivity contribution in [3.8, 4) is 17.0 Å². The van der Waals surface area contributed by atoms with Crippen LogP contribution >= 0.6 is 11.6 Å². The van der Waals surface area contributed by atoms with E-state index in [0.29, 0.717) is 35.0 Å². The first-order valence-electron chi connectivity index (χ1n) is 11.2. The second-order valence-corrected chi connectivity index (χ2v) is 8.92. The van der Waals surface area contributed by atoms with Gasteiger partial charge in [-0.25, -0.2) is 4.98 Å².